The van der Waals surface area contributed by atoms with Gasteiger partial charge < -0.3 is 15.5 Å². The summed E-state index contributed by atoms with van der Waals surface area (Å²) in [7, 11) is 0. The van der Waals surface area contributed by atoms with Gasteiger partial charge in [-0.25, -0.2) is 4.79 Å². The van der Waals surface area contributed by atoms with E-state index in [0.717, 1.165) is 36.1 Å². The largest absolute Gasteiger partial charge is 0.341 e. The van der Waals surface area contributed by atoms with Gasteiger partial charge in [0.25, 0.3) is 0 Å². The first-order chi connectivity index (χ1) is 15.7. The molecule has 0 aromatic heterocycles. The molecule has 1 heterocycles. The zero-order valence-corrected chi connectivity index (χ0v) is 19.4. The highest BCUT2D eigenvalue weighted by Crippen LogP contribution is 2.37. The fourth-order valence-corrected chi connectivity index (χ4v) is 5.72. The number of piperidine rings is 1. The summed E-state index contributed by atoms with van der Waals surface area (Å²) in [5.74, 6) is 0.148. The first-order valence-corrected chi connectivity index (χ1v) is 12.7. The van der Waals surface area contributed by atoms with E-state index in [1.54, 1.807) is 11.8 Å². The predicted molar refractivity (Wildman–Crippen MR) is 130 cm³/mol. The van der Waals surface area contributed by atoms with E-state index in [1.807, 2.05) is 53.4 Å². The fourth-order valence-electron chi connectivity index (χ4n) is 4.59. The number of hydrogen-bond donors (Lipinski definition) is 2. The van der Waals surface area contributed by atoms with Gasteiger partial charge in [0.1, 0.15) is 5.25 Å². The van der Waals surface area contributed by atoms with Gasteiger partial charge in [-0.1, -0.05) is 67.8 Å². The smallest absolute Gasteiger partial charge is 0.315 e. The molecule has 4 rings (SSSR count). The molecule has 2 N–H and O–H groups in total. The van der Waals surface area contributed by atoms with Crippen molar-refractivity contribution in [3.8, 4) is 0 Å². The van der Waals surface area contributed by atoms with Crippen LogP contribution in [0, 0.1) is 0 Å². The van der Waals surface area contributed by atoms with Gasteiger partial charge in [0.15, 0.2) is 0 Å². The Labute approximate surface area is 195 Å². The summed E-state index contributed by atoms with van der Waals surface area (Å²) in [6.45, 7) is 1.35. The fraction of sp³-hybridized carbons (Fsp3) is 0.462. The van der Waals surface area contributed by atoms with Gasteiger partial charge in [-0.3, -0.25) is 4.79 Å². The molecule has 0 spiro atoms. The van der Waals surface area contributed by atoms with E-state index < -0.39 is 0 Å². The summed E-state index contributed by atoms with van der Waals surface area (Å²) < 4.78 is 0. The molecule has 3 amide bonds. The molecular formula is C26H33N3O2S. The van der Waals surface area contributed by atoms with Crippen LogP contribution >= 0.6 is 11.8 Å². The number of thioether (sulfide) groups is 1. The van der Waals surface area contributed by atoms with Crippen molar-refractivity contribution < 1.29 is 9.59 Å². The average molecular weight is 452 g/mol. The summed E-state index contributed by atoms with van der Waals surface area (Å²) in [6.07, 6.45) is 7.44. The quantitative estimate of drug-likeness (QED) is 0.598. The van der Waals surface area contributed by atoms with Crippen molar-refractivity contribution in [1.82, 2.24) is 15.5 Å². The van der Waals surface area contributed by atoms with Crippen LogP contribution in [0.25, 0.3) is 0 Å². The molecule has 2 fully saturated rings. The topological polar surface area (TPSA) is 61.4 Å². The number of amides is 3. The van der Waals surface area contributed by atoms with Crippen molar-refractivity contribution >= 4 is 23.7 Å². The van der Waals surface area contributed by atoms with Crippen molar-refractivity contribution in [3.63, 3.8) is 0 Å². The Bertz CT molecular complexity index is 863. The molecule has 2 aromatic carbocycles. The van der Waals surface area contributed by atoms with Crippen LogP contribution in [-0.2, 0) is 4.79 Å². The molecule has 2 aromatic rings. The molecule has 1 unspecified atom stereocenters. The minimum Gasteiger partial charge on any atom is -0.341 e. The van der Waals surface area contributed by atoms with Gasteiger partial charge in [-0.2, -0.15) is 0 Å². The van der Waals surface area contributed by atoms with Crippen molar-refractivity contribution in [1.29, 1.82) is 0 Å². The van der Waals surface area contributed by atoms with Crippen molar-refractivity contribution in [2.75, 3.05) is 13.1 Å². The third-order valence-corrected chi connectivity index (χ3v) is 7.66. The summed E-state index contributed by atoms with van der Waals surface area (Å²) >= 11 is 1.60. The molecule has 1 aliphatic carbocycles. The highest BCUT2D eigenvalue weighted by molar-refractivity contribution is 8.00. The predicted octanol–water partition coefficient (Wildman–Crippen LogP) is 5.14. The molecular weight excluding hydrogens is 418 g/mol. The van der Waals surface area contributed by atoms with Crippen molar-refractivity contribution in [2.45, 2.75) is 67.2 Å². The molecule has 0 radical (unpaired) electrons. The monoisotopic (exact) mass is 451 g/mol. The van der Waals surface area contributed by atoms with Gasteiger partial charge in [-0.15, -0.1) is 11.8 Å². The van der Waals surface area contributed by atoms with Gasteiger partial charge >= 0.3 is 6.03 Å². The molecule has 1 aliphatic heterocycles. The zero-order chi connectivity index (χ0) is 22.2. The first-order valence-electron chi connectivity index (χ1n) is 11.8. The molecule has 32 heavy (non-hydrogen) atoms. The summed E-state index contributed by atoms with van der Waals surface area (Å²) in [5.41, 5.74) is 1.03. The second-order valence-electron chi connectivity index (χ2n) is 8.77. The summed E-state index contributed by atoms with van der Waals surface area (Å²) in [5, 5.41) is 6.00. The summed E-state index contributed by atoms with van der Waals surface area (Å²) in [6, 6.07) is 20.5. The van der Waals surface area contributed by atoms with Crippen LogP contribution in [0.5, 0.6) is 0 Å². The standard InChI is InChI=1S/C26H33N3O2S/c30-25(24(20-10-4-1-5-11-20)32-23-14-8-3-9-15-23)29-18-16-22(17-19-29)28-26(31)27-21-12-6-2-7-13-21/h1,3-5,8-11,14-15,21-22,24H,2,6-7,12-13,16-19H2,(H2,27,28,31). The van der Waals surface area contributed by atoms with Gasteiger partial charge in [0, 0.05) is 30.1 Å². The Morgan fingerprint density at radius 3 is 1.97 bits per heavy atom. The number of rotatable bonds is 6. The number of likely N-dealkylation sites (tertiary alicyclic amines) is 1. The van der Waals surface area contributed by atoms with E-state index in [1.165, 1.54) is 19.3 Å². The van der Waals surface area contributed by atoms with Crippen LogP contribution in [0.4, 0.5) is 4.79 Å². The number of carbonyl (C=O) groups is 2. The van der Waals surface area contributed by atoms with Gasteiger partial charge in [-0.05, 0) is 43.4 Å². The summed E-state index contributed by atoms with van der Waals surface area (Å²) in [4.78, 5) is 28.9. The third-order valence-electron chi connectivity index (χ3n) is 6.41. The van der Waals surface area contributed by atoms with Crippen LogP contribution in [0.3, 0.4) is 0 Å². The van der Waals surface area contributed by atoms with Crippen molar-refractivity contribution in [3.05, 3.63) is 66.2 Å². The van der Waals surface area contributed by atoms with Crippen LogP contribution in [-0.4, -0.2) is 42.0 Å². The minimum absolute atomic E-state index is 0.0523. The average Bonchev–Trinajstić information content (AvgIpc) is 2.84. The maximum atomic E-state index is 13.5. The van der Waals surface area contributed by atoms with Crippen LogP contribution in [0.1, 0.15) is 55.8 Å². The zero-order valence-electron chi connectivity index (χ0n) is 18.5. The van der Waals surface area contributed by atoms with E-state index in [-0.39, 0.29) is 23.2 Å². The maximum Gasteiger partial charge on any atom is 0.315 e. The Morgan fingerprint density at radius 1 is 0.781 bits per heavy atom. The molecule has 170 valence electrons. The molecule has 1 saturated carbocycles. The van der Waals surface area contributed by atoms with Gasteiger partial charge in [0.05, 0.1) is 0 Å². The number of carbonyl (C=O) groups excluding carboxylic acids is 2. The lowest BCUT2D eigenvalue weighted by Gasteiger charge is -2.35. The highest BCUT2D eigenvalue weighted by Gasteiger charge is 2.30. The minimum atomic E-state index is -0.266. The lowest BCUT2D eigenvalue weighted by Crippen LogP contribution is -2.51. The second-order valence-corrected chi connectivity index (χ2v) is 9.95. The molecule has 5 nitrogen and oxygen atoms in total. The number of nitrogens with zero attached hydrogens (tertiary/aromatic N) is 1. The maximum absolute atomic E-state index is 13.5. The number of urea groups is 1. The lowest BCUT2D eigenvalue weighted by molar-refractivity contribution is -0.131. The Morgan fingerprint density at radius 2 is 1.34 bits per heavy atom. The molecule has 6 heteroatoms. The molecule has 0 bridgehead atoms. The normalized spacial score (nSPS) is 18.7. The Balaban J connectivity index is 1.32. The number of benzene rings is 2. The molecule has 1 saturated heterocycles. The Kier molecular flexibility index (Phi) is 8.10. The number of hydrogen-bond acceptors (Lipinski definition) is 3. The first kappa shape index (κ1) is 22.7. The van der Waals surface area contributed by atoms with Crippen LogP contribution < -0.4 is 10.6 Å². The van der Waals surface area contributed by atoms with Crippen molar-refractivity contribution in [2.24, 2.45) is 0 Å². The SMILES string of the molecule is O=C(NC1CCCCC1)NC1CCN(C(=O)C(Sc2ccccc2)c2ccccc2)CC1. The van der Waals surface area contributed by atoms with E-state index >= 15 is 0 Å². The highest BCUT2D eigenvalue weighted by atomic mass is 32.2. The number of nitrogens with one attached hydrogen (secondary N) is 2. The van der Waals surface area contributed by atoms with E-state index in [2.05, 4.69) is 22.8 Å². The molecule has 2 aliphatic rings. The van der Waals surface area contributed by atoms with E-state index in [4.69, 9.17) is 0 Å². The van der Waals surface area contributed by atoms with E-state index in [9.17, 15) is 9.59 Å². The molecule has 1 atom stereocenters. The second kappa shape index (κ2) is 11.4. The van der Waals surface area contributed by atoms with E-state index in [0.29, 0.717) is 19.1 Å². The van der Waals surface area contributed by atoms with Gasteiger partial charge in [0.2, 0.25) is 5.91 Å². The lowest BCUT2D eigenvalue weighted by atomic mass is 9.96. The Hall–Kier alpha value is -2.47. The third kappa shape index (κ3) is 6.28. The van der Waals surface area contributed by atoms with Crippen LogP contribution in [0.2, 0.25) is 0 Å². The van der Waals surface area contributed by atoms with Crippen LogP contribution in [0.15, 0.2) is 65.6 Å².